The lowest BCUT2D eigenvalue weighted by Gasteiger charge is -2.40. The van der Waals surface area contributed by atoms with E-state index in [9.17, 15) is 19.2 Å². The van der Waals surface area contributed by atoms with Gasteiger partial charge in [-0.15, -0.1) is 0 Å². The Balaban J connectivity index is 1.61. The van der Waals surface area contributed by atoms with E-state index < -0.39 is 28.3 Å². The fraction of sp³-hybridized carbons (Fsp3) is 0.103. The molecule has 1 atom stereocenters. The van der Waals surface area contributed by atoms with E-state index >= 15 is 0 Å². The monoisotopic (exact) mass is 661 g/mol. The number of rotatable bonds is 6. The normalized spacial score (nSPS) is 16.0. The molecule has 0 amide bonds. The van der Waals surface area contributed by atoms with Crippen molar-refractivity contribution in [1.29, 1.82) is 0 Å². The van der Waals surface area contributed by atoms with Crippen LogP contribution >= 0.6 is 0 Å². The average molecular weight is 662 g/mol. The number of benzene rings is 5. The van der Waals surface area contributed by atoms with E-state index in [1.54, 1.807) is 84.9 Å². The molecule has 0 saturated carbocycles. The number of aliphatic imine (C=N–C) groups is 1. The Morgan fingerprint density at radius 2 is 1.12 bits per heavy atom. The number of nitrogens with zero attached hydrogens (tertiary/aromatic N) is 6. The van der Waals surface area contributed by atoms with Crippen LogP contribution in [0.2, 0.25) is 0 Å². The molecule has 0 fully saturated rings. The van der Waals surface area contributed by atoms with Gasteiger partial charge in [-0.25, -0.2) is 43.1 Å². The molecule has 50 heavy (non-hydrogen) atoms. The molecule has 0 spiro atoms. The minimum atomic E-state index is -1.77. The molecule has 0 radical (unpaired) electrons. The molecule has 1 aliphatic rings. The molecule has 8 rings (SSSR count). The highest BCUT2D eigenvalue weighted by atomic mass is 16.2. The first-order chi connectivity index (χ1) is 24.3. The summed E-state index contributed by atoms with van der Waals surface area (Å²) in [5.41, 5.74) is -1.03. The SMILES string of the molecule is CC(C)c1ccccc1N=C1n2c(=O)n(-c3ccccc3)c(=O)n2-c2ccccc2C1(c1ccccc1)n1[nH]c(=O)n(-c2ccccc2)c1=O. The smallest absolute Gasteiger partial charge is 0.246 e. The van der Waals surface area contributed by atoms with Gasteiger partial charge in [-0.1, -0.05) is 117 Å². The number of nitrogens with one attached hydrogen (secondary N) is 1. The summed E-state index contributed by atoms with van der Waals surface area (Å²) < 4.78 is 5.88. The molecule has 0 saturated heterocycles. The van der Waals surface area contributed by atoms with Crippen LogP contribution in [0.25, 0.3) is 17.1 Å². The van der Waals surface area contributed by atoms with Crippen molar-refractivity contribution in [2.75, 3.05) is 0 Å². The Morgan fingerprint density at radius 1 is 0.580 bits per heavy atom. The molecular formula is C39H31N7O4. The highest BCUT2D eigenvalue weighted by molar-refractivity contribution is 6.01. The topological polar surface area (TPSA) is 121 Å². The van der Waals surface area contributed by atoms with Crippen molar-refractivity contribution in [2.24, 2.45) is 4.99 Å². The van der Waals surface area contributed by atoms with Crippen LogP contribution in [0, 0.1) is 0 Å². The molecule has 5 aromatic carbocycles. The summed E-state index contributed by atoms with van der Waals surface area (Å²) in [6, 6.07) is 41.0. The third-order valence-corrected chi connectivity index (χ3v) is 9.13. The second-order valence-electron chi connectivity index (χ2n) is 12.3. The largest absolute Gasteiger partial charge is 0.358 e. The maximum absolute atomic E-state index is 14.9. The highest BCUT2D eigenvalue weighted by Crippen LogP contribution is 2.42. The van der Waals surface area contributed by atoms with Gasteiger partial charge in [-0.3, -0.25) is 0 Å². The van der Waals surface area contributed by atoms with Gasteiger partial charge in [-0.2, -0.15) is 9.36 Å². The van der Waals surface area contributed by atoms with Crippen LogP contribution in [0.5, 0.6) is 0 Å². The van der Waals surface area contributed by atoms with E-state index in [1.165, 1.54) is 14.0 Å². The van der Waals surface area contributed by atoms with Crippen LogP contribution in [0.4, 0.5) is 5.69 Å². The zero-order valence-electron chi connectivity index (χ0n) is 27.2. The van der Waals surface area contributed by atoms with E-state index in [0.29, 0.717) is 33.9 Å². The van der Waals surface area contributed by atoms with Crippen LogP contribution in [0.15, 0.2) is 164 Å². The average Bonchev–Trinajstić information content (AvgIpc) is 3.59. The van der Waals surface area contributed by atoms with Crippen molar-refractivity contribution >= 4 is 11.5 Å². The van der Waals surface area contributed by atoms with Crippen LogP contribution in [-0.4, -0.2) is 34.1 Å². The molecule has 2 aromatic heterocycles. The van der Waals surface area contributed by atoms with Gasteiger partial charge in [0.1, 0.15) is 0 Å². The van der Waals surface area contributed by atoms with Crippen molar-refractivity contribution in [3.63, 3.8) is 0 Å². The Morgan fingerprint density at radius 3 is 1.78 bits per heavy atom. The molecular weight excluding hydrogens is 630 g/mol. The molecule has 1 aliphatic heterocycles. The standard InChI is InChI=1S/C39H31N7O4/c1-26(2)30-22-12-14-24-32(30)40-34-39(27-16-6-3-7-17-27,46-38(50)42(35(47)41-46)28-18-8-4-9-19-28)31-23-13-15-25-33(31)44-36(48)43(37(49)45(34)44)29-20-10-5-11-21-29/h3-26H,1-2H3,(H,41,47). The van der Waals surface area contributed by atoms with Gasteiger partial charge in [0, 0.05) is 5.56 Å². The molecule has 11 nitrogen and oxygen atoms in total. The second kappa shape index (κ2) is 11.7. The van der Waals surface area contributed by atoms with Crippen molar-refractivity contribution in [2.45, 2.75) is 25.3 Å². The lowest BCUT2D eigenvalue weighted by atomic mass is 9.79. The van der Waals surface area contributed by atoms with E-state index in [4.69, 9.17) is 4.99 Å². The van der Waals surface area contributed by atoms with Crippen molar-refractivity contribution in [1.82, 2.24) is 28.3 Å². The summed E-state index contributed by atoms with van der Waals surface area (Å²) >= 11 is 0. The fourth-order valence-corrected chi connectivity index (χ4v) is 6.92. The number of aromatic amines is 1. The summed E-state index contributed by atoms with van der Waals surface area (Å²) in [5, 5.41) is 2.84. The van der Waals surface area contributed by atoms with Gasteiger partial charge < -0.3 is 0 Å². The number of hydrogen-bond donors (Lipinski definition) is 1. The quantitative estimate of drug-likeness (QED) is 0.272. The summed E-state index contributed by atoms with van der Waals surface area (Å²) in [5.74, 6) is 0.0583. The second-order valence-corrected chi connectivity index (χ2v) is 12.3. The van der Waals surface area contributed by atoms with Crippen molar-refractivity contribution in [3.8, 4) is 17.1 Å². The molecule has 0 aliphatic carbocycles. The molecule has 246 valence electrons. The molecule has 11 heteroatoms. The Kier molecular flexibility index (Phi) is 7.18. The number of fused-ring (bicyclic) bond motifs is 3. The van der Waals surface area contributed by atoms with Crippen LogP contribution in [-0.2, 0) is 5.54 Å². The van der Waals surface area contributed by atoms with Crippen molar-refractivity contribution < 1.29 is 0 Å². The van der Waals surface area contributed by atoms with Gasteiger partial charge in [0.25, 0.3) is 0 Å². The zero-order chi connectivity index (χ0) is 34.6. The van der Waals surface area contributed by atoms with Crippen LogP contribution in [0.3, 0.4) is 0 Å². The van der Waals surface area contributed by atoms with E-state index in [2.05, 4.69) is 5.10 Å². The predicted molar refractivity (Wildman–Crippen MR) is 192 cm³/mol. The van der Waals surface area contributed by atoms with Gasteiger partial charge >= 0.3 is 22.8 Å². The minimum Gasteiger partial charge on any atom is -0.246 e. The van der Waals surface area contributed by atoms with Crippen LogP contribution < -0.4 is 22.8 Å². The predicted octanol–water partition coefficient (Wildman–Crippen LogP) is 4.94. The van der Waals surface area contributed by atoms with E-state index in [0.717, 1.165) is 14.7 Å². The first-order valence-corrected chi connectivity index (χ1v) is 16.2. The maximum Gasteiger partial charge on any atom is 0.358 e. The lowest BCUT2D eigenvalue weighted by Crippen LogP contribution is -2.58. The van der Waals surface area contributed by atoms with Gasteiger partial charge in [0.15, 0.2) is 11.4 Å². The third-order valence-electron chi connectivity index (χ3n) is 9.13. The highest BCUT2D eigenvalue weighted by Gasteiger charge is 2.52. The first kappa shape index (κ1) is 30.6. The van der Waals surface area contributed by atoms with Crippen molar-refractivity contribution in [3.05, 3.63) is 198 Å². The number of para-hydroxylation sites is 4. The van der Waals surface area contributed by atoms with E-state index in [-0.39, 0.29) is 11.8 Å². The maximum atomic E-state index is 14.9. The first-order valence-electron chi connectivity index (χ1n) is 16.2. The lowest BCUT2D eigenvalue weighted by molar-refractivity contribution is 0.447. The third kappa shape index (κ3) is 4.40. The zero-order valence-corrected chi connectivity index (χ0v) is 27.2. The summed E-state index contributed by atoms with van der Waals surface area (Å²) in [4.78, 5) is 63.3. The van der Waals surface area contributed by atoms with E-state index in [1.807, 2.05) is 68.4 Å². The van der Waals surface area contributed by atoms with Crippen LogP contribution in [0.1, 0.15) is 36.5 Å². The Labute approximate surface area is 284 Å². The Bertz CT molecular complexity index is 2660. The Hall–Kier alpha value is -6.75. The number of H-pyrrole nitrogens is 1. The summed E-state index contributed by atoms with van der Waals surface area (Å²) in [6.07, 6.45) is 0. The molecule has 1 unspecified atom stereocenters. The molecule has 7 aromatic rings. The number of aromatic nitrogens is 6. The molecule has 3 heterocycles. The minimum absolute atomic E-state index is 0.0239. The van der Waals surface area contributed by atoms with Gasteiger partial charge in [0.05, 0.1) is 22.7 Å². The molecule has 0 bridgehead atoms. The van der Waals surface area contributed by atoms with Gasteiger partial charge in [-0.05, 0) is 53.4 Å². The van der Waals surface area contributed by atoms with Gasteiger partial charge in [0.2, 0.25) is 0 Å². The fourth-order valence-electron chi connectivity index (χ4n) is 6.92. The number of hydrogen-bond acceptors (Lipinski definition) is 5. The molecule has 1 N–H and O–H groups in total. The summed E-state index contributed by atoms with van der Waals surface area (Å²) in [6.45, 7) is 4.07. The summed E-state index contributed by atoms with van der Waals surface area (Å²) in [7, 11) is 0.